The van der Waals surface area contributed by atoms with Crippen LogP contribution in [0, 0.1) is 0 Å². The van der Waals surface area contributed by atoms with Gasteiger partial charge < -0.3 is 19.9 Å². The first-order valence-electron chi connectivity index (χ1n) is 5.83. The average Bonchev–Trinajstić information content (AvgIpc) is 2.56. The van der Waals surface area contributed by atoms with Gasteiger partial charge in [0.1, 0.15) is 5.60 Å². The average molecular weight is 244 g/mol. The number of hydrogen-bond donors (Lipinski definition) is 1. The summed E-state index contributed by atoms with van der Waals surface area (Å²) < 4.78 is 16.4. The molecule has 0 radical (unpaired) electrons. The fourth-order valence-corrected chi connectivity index (χ4v) is 1.89. The molecular formula is C11H20N2O4. The van der Waals surface area contributed by atoms with Crippen molar-refractivity contribution in [2.24, 2.45) is 5.73 Å². The molecule has 0 saturated carbocycles. The van der Waals surface area contributed by atoms with Gasteiger partial charge in [-0.25, -0.2) is 4.79 Å². The highest BCUT2D eigenvalue weighted by molar-refractivity contribution is 5.69. The van der Waals surface area contributed by atoms with Crippen LogP contribution in [0.15, 0.2) is 0 Å². The summed E-state index contributed by atoms with van der Waals surface area (Å²) in [7, 11) is 0. The van der Waals surface area contributed by atoms with Gasteiger partial charge in [0.05, 0.1) is 25.8 Å². The van der Waals surface area contributed by atoms with Crippen molar-refractivity contribution in [3.8, 4) is 0 Å². The summed E-state index contributed by atoms with van der Waals surface area (Å²) in [6.45, 7) is 7.29. The highest BCUT2D eigenvalue weighted by Crippen LogP contribution is 2.33. The van der Waals surface area contributed by atoms with Crippen molar-refractivity contribution in [3.63, 3.8) is 0 Å². The molecule has 0 aromatic rings. The van der Waals surface area contributed by atoms with Crippen molar-refractivity contribution < 1.29 is 19.0 Å². The second-order valence-corrected chi connectivity index (χ2v) is 5.53. The van der Waals surface area contributed by atoms with Crippen molar-refractivity contribution in [2.75, 3.05) is 26.2 Å². The van der Waals surface area contributed by atoms with Crippen molar-refractivity contribution >= 4 is 6.09 Å². The van der Waals surface area contributed by atoms with E-state index in [1.54, 1.807) is 4.90 Å². The number of ether oxygens (including phenoxy) is 3. The van der Waals surface area contributed by atoms with Crippen LogP contribution in [0.1, 0.15) is 20.8 Å². The van der Waals surface area contributed by atoms with Gasteiger partial charge in [-0.05, 0) is 20.8 Å². The summed E-state index contributed by atoms with van der Waals surface area (Å²) in [4.78, 5) is 13.3. The third-order valence-corrected chi connectivity index (χ3v) is 2.69. The molecule has 0 bridgehead atoms. The van der Waals surface area contributed by atoms with Crippen LogP contribution in [0.25, 0.3) is 0 Å². The van der Waals surface area contributed by atoms with E-state index in [9.17, 15) is 4.79 Å². The molecule has 1 amide bonds. The zero-order valence-corrected chi connectivity index (χ0v) is 10.6. The van der Waals surface area contributed by atoms with Crippen molar-refractivity contribution in [3.05, 3.63) is 0 Å². The zero-order chi connectivity index (χ0) is 12.7. The van der Waals surface area contributed by atoms with Crippen LogP contribution in [-0.4, -0.2) is 54.7 Å². The molecule has 17 heavy (non-hydrogen) atoms. The molecule has 2 N–H and O–H groups in total. The molecule has 2 fully saturated rings. The fourth-order valence-electron chi connectivity index (χ4n) is 1.89. The number of amides is 1. The van der Waals surface area contributed by atoms with E-state index in [-0.39, 0.29) is 12.2 Å². The number of rotatable bonds is 1. The molecular weight excluding hydrogens is 224 g/mol. The minimum Gasteiger partial charge on any atom is -0.444 e. The van der Waals surface area contributed by atoms with Crippen LogP contribution in [-0.2, 0) is 14.2 Å². The van der Waals surface area contributed by atoms with Gasteiger partial charge in [0.2, 0.25) is 5.79 Å². The number of nitrogens with two attached hydrogens (primary N) is 1. The van der Waals surface area contributed by atoms with Gasteiger partial charge in [0.25, 0.3) is 0 Å². The fraction of sp³-hybridized carbons (Fsp3) is 0.909. The normalized spacial score (nSPS) is 27.1. The molecule has 6 heteroatoms. The number of carbonyl (C=O) groups excluding carboxylic acids is 1. The first-order chi connectivity index (χ1) is 7.84. The molecule has 1 spiro atoms. The number of carbonyl (C=O) groups is 1. The van der Waals surface area contributed by atoms with E-state index in [1.807, 2.05) is 20.8 Å². The minimum atomic E-state index is -0.638. The zero-order valence-electron chi connectivity index (χ0n) is 10.6. The topological polar surface area (TPSA) is 74.0 Å². The third-order valence-electron chi connectivity index (χ3n) is 2.69. The van der Waals surface area contributed by atoms with E-state index in [0.717, 1.165) is 0 Å². The number of hydrogen-bond acceptors (Lipinski definition) is 5. The summed E-state index contributed by atoms with van der Waals surface area (Å²) in [5, 5.41) is 0. The van der Waals surface area contributed by atoms with Crippen molar-refractivity contribution in [2.45, 2.75) is 38.3 Å². The molecule has 6 nitrogen and oxygen atoms in total. The summed E-state index contributed by atoms with van der Waals surface area (Å²) in [5.41, 5.74) is 5.03. The van der Waals surface area contributed by atoms with Crippen molar-refractivity contribution in [1.82, 2.24) is 4.90 Å². The lowest BCUT2D eigenvalue weighted by atomic mass is 10.1. The largest absolute Gasteiger partial charge is 0.444 e. The number of likely N-dealkylation sites (tertiary alicyclic amines) is 1. The quantitative estimate of drug-likeness (QED) is 0.718. The predicted molar refractivity (Wildman–Crippen MR) is 60.4 cm³/mol. The Balaban J connectivity index is 1.81. The van der Waals surface area contributed by atoms with Gasteiger partial charge in [-0.1, -0.05) is 0 Å². The Labute approximate surface area is 101 Å². The summed E-state index contributed by atoms with van der Waals surface area (Å²) in [6.07, 6.45) is -0.387. The van der Waals surface area contributed by atoms with Gasteiger partial charge in [0.15, 0.2) is 0 Å². The van der Waals surface area contributed by atoms with E-state index in [2.05, 4.69) is 0 Å². The van der Waals surface area contributed by atoms with Crippen LogP contribution in [0.3, 0.4) is 0 Å². The maximum atomic E-state index is 11.7. The Hall–Kier alpha value is -0.850. The first-order valence-corrected chi connectivity index (χ1v) is 5.83. The Morgan fingerprint density at radius 2 is 2.18 bits per heavy atom. The second kappa shape index (κ2) is 4.12. The van der Waals surface area contributed by atoms with E-state index in [0.29, 0.717) is 26.2 Å². The van der Waals surface area contributed by atoms with E-state index < -0.39 is 11.4 Å². The van der Waals surface area contributed by atoms with Crippen LogP contribution in [0.5, 0.6) is 0 Å². The highest BCUT2D eigenvalue weighted by atomic mass is 16.8. The van der Waals surface area contributed by atoms with Gasteiger partial charge in [-0.2, -0.15) is 0 Å². The third kappa shape index (κ3) is 2.70. The Bertz CT molecular complexity index is 307. The van der Waals surface area contributed by atoms with E-state index >= 15 is 0 Å². The molecule has 2 aliphatic rings. The van der Waals surface area contributed by atoms with Crippen LogP contribution < -0.4 is 5.73 Å². The van der Waals surface area contributed by atoms with Gasteiger partial charge in [-0.3, -0.25) is 4.90 Å². The lowest BCUT2D eigenvalue weighted by Gasteiger charge is -2.45. The molecule has 0 aromatic heterocycles. The van der Waals surface area contributed by atoms with Gasteiger partial charge in [-0.15, -0.1) is 0 Å². The monoisotopic (exact) mass is 244 g/mol. The van der Waals surface area contributed by atoms with Crippen LogP contribution in [0.2, 0.25) is 0 Å². The van der Waals surface area contributed by atoms with Crippen molar-refractivity contribution in [1.29, 1.82) is 0 Å². The Kier molecular flexibility index (Phi) is 3.05. The van der Waals surface area contributed by atoms with Gasteiger partial charge >= 0.3 is 6.09 Å². The molecule has 0 aliphatic carbocycles. The SMILES string of the molecule is CC(C)(C)OC(=O)N1CC2(C1)OCC(CN)O2. The summed E-state index contributed by atoms with van der Waals surface area (Å²) >= 11 is 0. The van der Waals surface area contributed by atoms with E-state index in [1.165, 1.54) is 0 Å². The summed E-state index contributed by atoms with van der Waals surface area (Å²) in [5.74, 6) is -0.638. The molecule has 1 unspecified atom stereocenters. The summed E-state index contributed by atoms with van der Waals surface area (Å²) in [6, 6.07) is 0. The molecule has 0 aromatic carbocycles. The Morgan fingerprint density at radius 1 is 1.53 bits per heavy atom. The van der Waals surface area contributed by atoms with Crippen LogP contribution in [0.4, 0.5) is 4.79 Å². The first kappa shape index (κ1) is 12.6. The molecule has 2 aliphatic heterocycles. The molecule has 2 saturated heterocycles. The standard InChI is InChI=1S/C11H20N2O4/c1-10(2,3)17-9(14)13-6-11(7-13)15-5-8(4-12)16-11/h8H,4-7,12H2,1-3H3. The predicted octanol–water partition coefficient (Wildman–Crippen LogP) is 0.308. The molecule has 1 atom stereocenters. The van der Waals surface area contributed by atoms with E-state index in [4.69, 9.17) is 19.9 Å². The smallest absolute Gasteiger partial charge is 0.410 e. The minimum absolute atomic E-state index is 0.0595. The second-order valence-electron chi connectivity index (χ2n) is 5.53. The molecule has 2 rings (SSSR count). The number of nitrogens with zero attached hydrogens (tertiary/aromatic N) is 1. The Morgan fingerprint density at radius 3 is 2.65 bits per heavy atom. The maximum absolute atomic E-state index is 11.7. The van der Waals surface area contributed by atoms with Crippen LogP contribution >= 0.6 is 0 Å². The molecule has 98 valence electrons. The molecule has 2 heterocycles. The lowest BCUT2D eigenvalue weighted by molar-refractivity contribution is -0.237. The lowest BCUT2D eigenvalue weighted by Crippen LogP contribution is -2.65. The van der Waals surface area contributed by atoms with Gasteiger partial charge in [0, 0.05) is 6.54 Å². The highest BCUT2D eigenvalue weighted by Gasteiger charge is 2.53. The maximum Gasteiger partial charge on any atom is 0.410 e.